The third-order valence-corrected chi connectivity index (χ3v) is 3.88. The SMILES string of the molecule is Cc1cc(/C=N\NC(C)(C)C)c(C)n1-c1ccc(I)cc1. The van der Waals surface area contributed by atoms with Crippen molar-refractivity contribution < 1.29 is 0 Å². The van der Waals surface area contributed by atoms with Crippen LogP contribution in [0.4, 0.5) is 0 Å². The number of halogens is 1. The first kappa shape index (κ1) is 16.1. The largest absolute Gasteiger partial charge is 0.318 e. The minimum absolute atomic E-state index is 0.0157. The molecule has 1 N–H and O–H groups in total. The average molecular weight is 395 g/mol. The van der Waals surface area contributed by atoms with Gasteiger partial charge in [-0.05, 0) is 87.5 Å². The lowest BCUT2D eigenvalue weighted by atomic mass is 10.1. The van der Waals surface area contributed by atoms with Gasteiger partial charge in [-0.25, -0.2) is 0 Å². The highest BCUT2D eigenvalue weighted by atomic mass is 127. The maximum Gasteiger partial charge on any atom is 0.0558 e. The molecule has 3 nitrogen and oxygen atoms in total. The quantitative estimate of drug-likeness (QED) is 0.465. The normalized spacial score (nSPS) is 12.1. The van der Waals surface area contributed by atoms with Gasteiger partial charge in [-0.15, -0.1) is 0 Å². The molecule has 21 heavy (non-hydrogen) atoms. The van der Waals surface area contributed by atoms with Crippen molar-refractivity contribution in [2.24, 2.45) is 5.10 Å². The Morgan fingerprint density at radius 3 is 2.33 bits per heavy atom. The Morgan fingerprint density at radius 2 is 1.76 bits per heavy atom. The predicted octanol–water partition coefficient (Wildman–Crippen LogP) is 4.42. The fourth-order valence-corrected chi connectivity index (χ4v) is 2.56. The molecule has 0 aliphatic heterocycles. The van der Waals surface area contributed by atoms with Crippen molar-refractivity contribution in [2.45, 2.75) is 40.2 Å². The molecule has 1 aromatic carbocycles. The van der Waals surface area contributed by atoms with Gasteiger partial charge in [0.25, 0.3) is 0 Å². The molecule has 1 aromatic heterocycles. The summed E-state index contributed by atoms with van der Waals surface area (Å²) in [6, 6.07) is 10.7. The van der Waals surface area contributed by atoms with Gasteiger partial charge in [-0.2, -0.15) is 5.10 Å². The van der Waals surface area contributed by atoms with Crippen LogP contribution in [-0.4, -0.2) is 16.3 Å². The third-order valence-electron chi connectivity index (χ3n) is 3.16. The Hall–Kier alpha value is -1.30. The summed E-state index contributed by atoms with van der Waals surface area (Å²) < 4.78 is 3.50. The first-order chi connectivity index (χ1) is 9.78. The fraction of sp³-hybridized carbons (Fsp3) is 0.353. The third kappa shape index (κ3) is 4.09. The van der Waals surface area contributed by atoms with Gasteiger partial charge in [0.05, 0.1) is 6.21 Å². The summed E-state index contributed by atoms with van der Waals surface area (Å²) in [4.78, 5) is 0. The van der Waals surface area contributed by atoms with E-state index in [2.05, 4.69) is 103 Å². The van der Waals surface area contributed by atoms with Crippen LogP contribution in [0.25, 0.3) is 5.69 Å². The number of benzene rings is 1. The van der Waals surface area contributed by atoms with Crippen molar-refractivity contribution in [3.05, 3.63) is 50.9 Å². The van der Waals surface area contributed by atoms with Gasteiger partial charge in [0, 0.05) is 31.7 Å². The molecule has 0 spiro atoms. The molecule has 2 aromatic rings. The van der Waals surface area contributed by atoms with E-state index in [0.29, 0.717) is 0 Å². The van der Waals surface area contributed by atoms with E-state index in [1.165, 1.54) is 20.6 Å². The number of aryl methyl sites for hydroxylation is 1. The number of hydrogen-bond donors (Lipinski definition) is 1. The number of rotatable bonds is 3. The number of nitrogens with one attached hydrogen (secondary N) is 1. The lowest BCUT2D eigenvalue weighted by Gasteiger charge is -2.17. The van der Waals surface area contributed by atoms with E-state index < -0.39 is 0 Å². The van der Waals surface area contributed by atoms with Crippen LogP contribution in [0.1, 0.15) is 37.7 Å². The van der Waals surface area contributed by atoms with E-state index >= 15 is 0 Å². The molecule has 0 aliphatic carbocycles. The number of hydrogen-bond acceptors (Lipinski definition) is 2. The van der Waals surface area contributed by atoms with Crippen molar-refractivity contribution in [3.8, 4) is 5.69 Å². The van der Waals surface area contributed by atoms with Gasteiger partial charge < -0.3 is 9.99 Å². The van der Waals surface area contributed by atoms with Gasteiger partial charge in [0.15, 0.2) is 0 Å². The van der Waals surface area contributed by atoms with Crippen molar-refractivity contribution in [2.75, 3.05) is 0 Å². The summed E-state index contributed by atoms with van der Waals surface area (Å²) in [6.07, 6.45) is 1.90. The fourth-order valence-electron chi connectivity index (χ4n) is 2.20. The van der Waals surface area contributed by atoms with Crippen molar-refractivity contribution in [1.29, 1.82) is 0 Å². The lowest BCUT2D eigenvalue weighted by molar-refractivity contribution is 0.442. The molecule has 0 atom stereocenters. The minimum Gasteiger partial charge on any atom is -0.318 e. The van der Waals surface area contributed by atoms with E-state index in [9.17, 15) is 0 Å². The molecule has 0 bridgehead atoms. The second-order valence-electron chi connectivity index (χ2n) is 6.26. The zero-order chi connectivity index (χ0) is 15.6. The first-order valence-electron chi connectivity index (χ1n) is 7.03. The molecule has 0 saturated heterocycles. The summed E-state index contributed by atoms with van der Waals surface area (Å²) >= 11 is 2.33. The highest BCUT2D eigenvalue weighted by Crippen LogP contribution is 2.20. The monoisotopic (exact) mass is 395 g/mol. The van der Waals surface area contributed by atoms with Crippen LogP contribution < -0.4 is 5.43 Å². The van der Waals surface area contributed by atoms with Gasteiger partial charge in [-0.3, -0.25) is 0 Å². The molecule has 112 valence electrons. The molecule has 0 radical (unpaired) electrons. The molecule has 0 unspecified atom stereocenters. The molecule has 0 saturated carbocycles. The van der Waals surface area contributed by atoms with Crippen LogP contribution in [0, 0.1) is 17.4 Å². The summed E-state index contributed by atoms with van der Waals surface area (Å²) in [5, 5.41) is 4.35. The average Bonchev–Trinajstić information content (AvgIpc) is 2.65. The molecule has 0 aliphatic rings. The number of hydrazone groups is 1. The van der Waals surface area contributed by atoms with E-state index in [4.69, 9.17) is 0 Å². The Balaban J connectivity index is 2.32. The Labute approximate surface area is 140 Å². The second kappa shape index (κ2) is 6.22. The minimum atomic E-state index is -0.0157. The lowest BCUT2D eigenvalue weighted by Crippen LogP contribution is -2.31. The molecular formula is C17H22IN3. The standard InChI is InChI=1S/C17H22IN3/c1-12-10-14(11-19-20-17(3,4)5)13(2)21(12)16-8-6-15(18)7-9-16/h6-11,20H,1-5H3/b19-11-. The molecule has 0 fully saturated rings. The maximum atomic E-state index is 4.35. The van der Waals surface area contributed by atoms with Crippen LogP contribution in [0.2, 0.25) is 0 Å². The van der Waals surface area contributed by atoms with E-state index in [1.54, 1.807) is 0 Å². The van der Waals surface area contributed by atoms with Crippen LogP contribution in [-0.2, 0) is 0 Å². The Bertz CT molecular complexity index is 646. The zero-order valence-electron chi connectivity index (χ0n) is 13.2. The summed E-state index contributed by atoms with van der Waals surface area (Å²) in [6.45, 7) is 10.5. The number of nitrogens with zero attached hydrogens (tertiary/aromatic N) is 2. The highest BCUT2D eigenvalue weighted by Gasteiger charge is 2.10. The molecule has 1 heterocycles. The molecule has 4 heteroatoms. The van der Waals surface area contributed by atoms with Gasteiger partial charge in [0.2, 0.25) is 0 Å². The first-order valence-corrected chi connectivity index (χ1v) is 8.11. The Kier molecular flexibility index (Phi) is 4.76. The van der Waals surface area contributed by atoms with E-state index in [1.807, 2.05) is 6.21 Å². The van der Waals surface area contributed by atoms with E-state index in [0.717, 1.165) is 5.56 Å². The molecule has 2 rings (SSSR count). The second-order valence-corrected chi connectivity index (χ2v) is 7.50. The summed E-state index contributed by atoms with van der Waals surface area (Å²) in [5.74, 6) is 0. The van der Waals surface area contributed by atoms with Crippen molar-refractivity contribution >= 4 is 28.8 Å². The van der Waals surface area contributed by atoms with Crippen LogP contribution in [0.5, 0.6) is 0 Å². The van der Waals surface area contributed by atoms with Gasteiger partial charge in [-0.1, -0.05) is 0 Å². The predicted molar refractivity (Wildman–Crippen MR) is 98.4 cm³/mol. The van der Waals surface area contributed by atoms with Crippen molar-refractivity contribution in [3.63, 3.8) is 0 Å². The van der Waals surface area contributed by atoms with Gasteiger partial charge in [0.1, 0.15) is 0 Å². The smallest absolute Gasteiger partial charge is 0.0558 e. The molecule has 0 amide bonds. The number of aromatic nitrogens is 1. The summed E-state index contributed by atoms with van der Waals surface area (Å²) in [7, 11) is 0. The van der Waals surface area contributed by atoms with E-state index in [-0.39, 0.29) is 5.54 Å². The molecular weight excluding hydrogens is 373 g/mol. The topological polar surface area (TPSA) is 29.3 Å². The summed E-state index contributed by atoms with van der Waals surface area (Å²) in [5.41, 5.74) is 7.86. The highest BCUT2D eigenvalue weighted by molar-refractivity contribution is 14.1. The van der Waals surface area contributed by atoms with Gasteiger partial charge >= 0.3 is 0 Å². The maximum absolute atomic E-state index is 4.35. The van der Waals surface area contributed by atoms with Crippen LogP contribution in [0.3, 0.4) is 0 Å². The van der Waals surface area contributed by atoms with Crippen molar-refractivity contribution in [1.82, 2.24) is 9.99 Å². The van der Waals surface area contributed by atoms with Crippen LogP contribution in [0.15, 0.2) is 35.4 Å². The Morgan fingerprint density at radius 1 is 1.14 bits per heavy atom. The van der Waals surface area contributed by atoms with Crippen LogP contribution >= 0.6 is 22.6 Å². The zero-order valence-corrected chi connectivity index (χ0v) is 15.4.